The summed E-state index contributed by atoms with van der Waals surface area (Å²) < 4.78 is 0. The van der Waals surface area contributed by atoms with Gasteiger partial charge in [-0.05, 0) is 19.8 Å². The molecule has 0 aromatic rings. The molecular formula is C10H20N2O3. The van der Waals surface area contributed by atoms with Crippen LogP contribution in [-0.2, 0) is 9.59 Å². The summed E-state index contributed by atoms with van der Waals surface area (Å²) >= 11 is 0. The predicted molar refractivity (Wildman–Crippen MR) is 57.2 cm³/mol. The molecule has 0 radical (unpaired) electrons. The van der Waals surface area contributed by atoms with Crippen LogP contribution in [0.4, 0.5) is 0 Å². The number of carbonyl (C=O) groups excluding carboxylic acids is 1. The van der Waals surface area contributed by atoms with Crippen molar-refractivity contribution in [3.8, 4) is 0 Å². The fourth-order valence-corrected chi connectivity index (χ4v) is 0.943. The third-order valence-electron chi connectivity index (χ3n) is 2.34. The van der Waals surface area contributed by atoms with Gasteiger partial charge in [0.25, 0.3) is 0 Å². The third kappa shape index (κ3) is 3.87. The molecule has 0 spiro atoms. The number of carbonyl (C=O) groups is 2. The molecule has 4 N–H and O–H groups in total. The minimum absolute atomic E-state index is 0.153. The number of amides is 1. The molecule has 1 atom stereocenters. The first kappa shape index (κ1) is 13.9. The average Bonchev–Trinajstić information content (AvgIpc) is 2.12. The number of aliphatic carboxylic acids is 1. The second kappa shape index (κ2) is 5.11. The van der Waals surface area contributed by atoms with Gasteiger partial charge >= 0.3 is 5.97 Å². The van der Waals surface area contributed by atoms with Crippen LogP contribution in [-0.4, -0.2) is 29.6 Å². The van der Waals surface area contributed by atoms with E-state index in [1.807, 2.05) is 0 Å². The zero-order chi connectivity index (χ0) is 12.2. The van der Waals surface area contributed by atoms with E-state index in [1.165, 1.54) is 0 Å². The third-order valence-corrected chi connectivity index (χ3v) is 2.34. The van der Waals surface area contributed by atoms with Crippen LogP contribution in [0.2, 0.25) is 0 Å². The molecule has 0 aromatic carbocycles. The average molecular weight is 216 g/mol. The second-order valence-electron chi connectivity index (χ2n) is 4.62. The molecule has 0 saturated carbocycles. The highest BCUT2D eigenvalue weighted by atomic mass is 16.4. The highest BCUT2D eigenvalue weighted by Crippen LogP contribution is 2.14. The van der Waals surface area contributed by atoms with Crippen molar-refractivity contribution >= 4 is 11.9 Å². The lowest BCUT2D eigenvalue weighted by atomic mass is 9.91. The number of hydrogen-bond acceptors (Lipinski definition) is 3. The molecule has 5 heteroatoms. The normalized spacial score (nSPS) is 13.7. The minimum atomic E-state index is -1.02. The highest BCUT2D eigenvalue weighted by molar-refractivity contribution is 5.87. The second-order valence-corrected chi connectivity index (χ2v) is 4.62. The van der Waals surface area contributed by atoms with Gasteiger partial charge < -0.3 is 16.2 Å². The summed E-state index contributed by atoms with van der Waals surface area (Å²) in [6.45, 7) is 7.04. The number of rotatable bonds is 5. The van der Waals surface area contributed by atoms with Crippen molar-refractivity contribution in [1.82, 2.24) is 5.32 Å². The molecule has 0 aromatic heterocycles. The van der Waals surface area contributed by atoms with E-state index in [-0.39, 0.29) is 18.4 Å². The van der Waals surface area contributed by atoms with Crippen molar-refractivity contribution < 1.29 is 14.7 Å². The summed E-state index contributed by atoms with van der Waals surface area (Å²) in [6.07, 6.45) is 0. The van der Waals surface area contributed by atoms with Crippen LogP contribution < -0.4 is 11.1 Å². The number of hydrogen-bond donors (Lipinski definition) is 3. The summed E-state index contributed by atoms with van der Waals surface area (Å²) in [6, 6.07) is -0.858. The first-order valence-electron chi connectivity index (χ1n) is 4.96. The van der Waals surface area contributed by atoms with Crippen LogP contribution in [0.25, 0.3) is 0 Å². The van der Waals surface area contributed by atoms with Gasteiger partial charge in [-0.3, -0.25) is 4.79 Å². The maximum absolute atomic E-state index is 11.7. The summed E-state index contributed by atoms with van der Waals surface area (Å²) in [5.41, 5.74) is 4.69. The molecule has 5 nitrogen and oxygen atoms in total. The first-order valence-corrected chi connectivity index (χ1v) is 4.96. The maximum Gasteiger partial charge on any atom is 0.326 e. The smallest absolute Gasteiger partial charge is 0.326 e. The quantitative estimate of drug-likeness (QED) is 0.612. The number of nitrogens with one attached hydrogen (secondary N) is 1. The zero-order valence-corrected chi connectivity index (χ0v) is 9.70. The number of nitrogens with two attached hydrogens (primary N) is 1. The predicted octanol–water partition coefficient (Wildman–Crippen LogP) is 0.197. The zero-order valence-electron chi connectivity index (χ0n) is 9.70. The van der Waals surface area contributed by atoms with Gasteiger partial charge in [-0.1, -0.05) is 13.8 Å². The molecule has 88 valence electrons. The van der Waals surface area contributed by atoms with Gasteiger partial charge in [-0.2, -0.15) is 0 Å². The minimum Gasteiger partial charge on any atom is -0.480 e. The van der Waals surface area contributed by atoms with Crippen LogP contribution in [0.15, 0.2) is 0 Å². The largest absolute Gasteiger partial charge is 0.480 e. The Balaban J connectivity index is 4.57. The molecule has 0 heterocycles. The van der Waals surface area contributed by atoms with Crippen LogP contribution in [0, 0.1) is 11.3 Å². The molecule has 0 rings (SSSR count). The monoisotopic (exact) mass is 216 g/mol. The summed E-state index contributed by atoms with van der Waals surface area (Å²) in [5.74, 6) is -1.50. The Morgan fingerprint density at radius 3 is 2.13 bits per heavy atom. The molecule has 0 aliphatic carbocycles. The molecule has 0 fully saturated rings. The van der Waals surface area contributed by atoms with Crippen molar-refractivity contribution in [2.24, 2.45) is 17.1 Å². The fraction of sp³-hybridized carbons (Fsp3) is 0.800. The Morgan fingerprint density at radius 2 is 1.87 bits per heavy atom. The molecule has 0 saturated heterocycles. The molecule has 0 aliphatic rings. The first-order chi connectivity index (χ1) is 6.72. The van der Waals surface area contributed by atoms with E-state index >= 15 is 0 Å². The number of carboxylic acid groups (broad SMARTS) is 1. The Kier molecular flexibility index (Phi) is 4.74. The lowest BCUT2D eigenvalue weighted by molar-refractivity contribution is -0.144. The molecule has 15 heavy (non-hydrogen) atoms. The van der Waals surface area contributed by atoms with E-state index in [0.717, 1.165) is 0 Å². The topological polar surface area (TPSA) is 92.4 Å². The van der Waals surface area contributed by atoms with Gasteiger partial charge in [-0.25, -0.2) is 4.79 Å². The standard InChI is InChI=1S/C10H20N2O3/c1-6(2)7(8(13)14)12-9(15)10(3,4)5-11/h6-7H,5,11H2,1-4H3,(H,12,15)(H,13,14)/t7-/m0/s1. The highest BCUT2D eigenvalue weighted by Gasteiger charge is 2.31. The Bertz CT molecular complexity index is 249. The van der Waals surface area contributed by atoms with Gasteiger partial charge in [-0.15, -0.1) is 0 Å². The Labute approximate surface area is 90.0 Å². The maximum atomic E-state index is 11.7. The van der Waals surface area contributed by atoms with Crippen LogP contribution in [0.5, 0.6) is 0 Å². The van der Waals surface area contributed by atoms with Crippen LogP contribution >= 0.6 is 0 Å². The van der Waals surface area contributed by atoms with E-state index in [2.05, 4.69) is 5.32 Å². The molecule has 0 bridgehead atoms. The molecular weight excluding hydrogens is 196 g/mol. The lowest BCUT2D eigenvalue weighted by Gasteiger charge is -2.25. The number of carboxylic acids is 1. The van der Waals surface area contributed by atoms with Crippen molar-refractivity contribution in [2.45, 2.75) is 33.7 Å². The Hall–Kier alpha value is -1.10. The van der Waals surface area contributed by atoms with Crippen molar-refractivity contribution in [3.05, 3.63) is 0 Å². The summed E-state index contributed by atoms with van der Waals surface area (Å²) in [7, 11) is 0. The molecule has 1 amide bonds. The van der Waals surface area contributed by atoms with Crippen LogP contribution in [0.3, 0.4) is 0 Å². The van der Waals surface area contributed by atoms with Crippen LogP contribution in [0.1, 0.15) is 27.7 Å². The van der Waals surface area contributed by atoms with Gasteiger partial charge in [0.1, 0.15) is 6.04 Å². The SMILES string of the molecule is CC(C)[C@H](NC(=O)C(C)(C)CN)C(=O)O. The fourth-order valence-electron chi connectivity index (χ4n) is 0.943. The lowest BCUT2D eigenvalue weighted by Crippen LogP contribution is -2.50. The molecule has 0 unspecified atom stereocenters. The molecule has 0 aliphatic heterocycles. The van der Waals surface area contributed by atoms with E-state index < -0.39 is 17.4 Å². The summed E-state index contributed by atoms with van der Waals surface area (Å²) in [5, 5.41) is 11.4. The van der Waals surface area contributed by atoms with Gasteiger partial charge in [0.15, 0.2) is 0 Å². The van der Waals surface area contributed by atoms with E-state index in [0.29, 0.717) is 0 Å². The van der Waals surface area contributed by atoms with Gasteiger partial charge in [0, 0.05) is 6.54 Å². The van der Waals surface area contributed by atoms with Crippen molar-refractivity contribution in [2.75, 3.05) is 6.54 Å². The van der Waals surface area contributed by atoms with E-state index in [9.17, 15) is 9.59 Å². The van der Waals surface area contributed by atoms with Gasteiger partial charge in [0.05, 0.1) is 5.41 Å². The summed E-state index contributed by atoms with van der Waals surface area (Å²) in [4.78, 5) is 22.5. The van der Waals surface area contributed by atoms with E-state index in [4.69, 9.17) is 10.8 Å². The van der Waals surface area contributed by atoms with E-state index in [1.54, 1.807) is 27.7 Å². The van der Waals surface area contributed by atoms with Gasteiger partial charge in [0.2, 0.25) is 5.91 Å². The van der Waals surface area contributed by atoms with Crippen molar-refractivity contribution in [3.63, 3.8) is 0 Å². The van der Waals surface area contributed by atoms with Crippen molar-refractivity contribution in [1.29, 1.82) is 0 Å². The Morgan fingerprint density at radius 1 is 1.40 bits per heavy atom.